The molecule has 0 amide bonds. The molecule has 8 heteroatoms. The molecule has 5 nitrogen and oxygen atoms in total. The number of hydrogen-bond acceptors (Lipinski definition) is 6. The summed E-state index contributed by atoms with van der Waals surface area (Å²) in [5.41, 5.74) is -0.518. The number of aryl methyl sites for hydroxylation is 1. The smallest absolute Gasteiger partial charge is 0.258 e. The van der Waals surface area contributed by atoms with Crippen LogP contribution in [0.3, 0.4) is 0 Å². The number of nitro benzene ring substituents is 1. The fourth-order valence-corrected chi connectivity index (χ4v) is 3.06. The molecular formula is C10H8FN3O2S2. The lowest BCUT2D eigenvalue weighted by Gasteiger charge is -2.00. The summed E-state index contributed by atoms with van der Waals surface area (Å²) in [5.74, 6) is -0.160. The van der Waals surface area contributed by atoms with Crippen LogP contribution in [0.4, 0.5) is 10.1 Å². The van der Waals surface area contributed by atoms with Gasteiger partial charge in [-0.3, -0.25) is 10.1 Å². The quantitative estimate of drug-likeness (QED) is 0.636. The van der Waals surface area contributed by atoms with Crippen molar-refractivity contribution in [2.45, 2.75) is 22.6 Å². The van der Waals surface area contributed by atoms with Crippen molar-refractivity contribution >= 4 is 29.0 Å². The van der Waals surface area contributed by atoms with E-state index in [-0.39, 0.29) is 4.90 Å². The lowest BCUT2D eigenvalue weighted by molar-refractivity contribution is -0.390. The van der Waals surface area contributed by atoms with Crippen molar-refractivity contribution in [2.75, 3.05) is 0 Å². The number of nitro groups is 1. The first-order valence-electron chi connectivity index (χ1n) is 5.05. The maximum absolute atomic E-state index is 13.4. The summed E-state index contributed by atoms with van der Waals surface area (Å²) in [4.78, 5) is 14.5. The predicted octanol–water partition coefficient (Wildman–Crippen LogP) is 3.30. The Morgan fingerprint density at radius 2 is 2.33 bits per heavy atom. The molecule has 1 aromatic carbocycles. The Kier molecular flexibility index (Phi) is 3.87. The molecule has 2 aromatic rings. The number of benzene rings is 1. The summed E-state index contributed by atoms with van der Waals surface area (Å²) in [5, 5.41) is 10.8. The Morgan fingerprint density at radius 1 is 1.56 bits per heavy atom. The fraction of sp³-hybridized carbons (Fsp3) is 0.200. The number of para-hydroxylation sites is 1. The van der Waals surface area contributed by atoms with E-state index in [2.05, 4.69) is 9.36 Å². The van der Waals surface area contributed by atoms with Crippen molar-refractivity contribution < 1.29 is 9.31 Å². The van der Waals surface area contributed by atoms with Crippen molar-refractivity contribution in [3.8, 4) is 0 Å². The Labute approximate surface area is 110 Å². The monoisotopic (exact) mass is 285 g/mol. The standard InChI is InChI=1S/C10H8FN3O2S2/c1-2-8-12-10(18-13-8)17-7-5-3-4-6(11)9(7)14(15)16/h3-5H,2H2,1H3. The molecule has 0 saturated heterocycles. The molecule has 0 spiro atoms. The Hall–Kier alpha value is -1.54. The average molecular weight is 285 g/mol. The normalized spacial score (nSPS) is 10.6. The maximum atomic E-state index is 13.4. The topological polar surface area (TPSA) is 68.9 Å². The van der Waals surface area contributed by atoms with Crippen LogP contribution in [0.2, 0.25) is 0 Å². The average Bonchev–Trinajstić information content (AvgIpc) is 2.76. The first-order valence-corrected chi connectivity index (χ1v) is 6.64. The van der Waals surface area contributed by atoms with E-state index in [1.807, 2.05) is 6.92 Å². The molecule has 0 unspecified atom stereocenters. The van der Waals surface area contributed by atoms with E-state index in [0.717, 1.165) is 29.4 Å². The van der Waals surface area contributed by atoms with Crippen LogP contribution in [-0.2, 0) is 6.42 Å². The van der Waals surface area contributed by atoms with E-state index in [1.165, 1.54) is 12.1 Å². The van der Waals surface area contributed by atoms with Crippen molar-refractivity contribution in [1.29, 1.82) is 0 Å². The highest BCUT2D eigenvalue weighted by Crippen LogP contribution is 2.36. The van der Waals surface area contributed by atoms with E-state index in [9.17, 15) is 14.5 Å². The van der Waals surface area contributed by atoms with Gasteiger partial charge in [-0.2, -0.15) is 8.76 Å². The molecule has 0 aliphatic rings. The van der Waals surface area contributed by atoms with Gasteiger partial charge in [-0.15, -0.1) is 0 Å². The zero-order valence-corrected chi connectivity index (χ0v) is 10.9. The second kappa shape index (κ2) is 5.40. The highest BCUT2D eigenvalue weighted by molar-refractivity contribution is 8.01. The van der Waals surface area contributed by atoms with Crippen LogP contribution in [-0.4, -0.2) is 14.3 Å². The largest absolute Gasteiger partial charge is 0.318 e. The van der Waals surface area contributed by atoms with Crippen LogP contribution in [0.15, 0.2) is 27.4 Å². The lowest BCUT2D eigenvalue weighted by atomic mass is 10.3. The minimum atomic E-state index is -0.842. The second-order valence-corrected chi connectivity index (χ2v) is 5.32. The van der Waals surface area contributed by atoms with Gasteiger partial charge in [-0.05, 0) is 23.7 Å². The summed E-state index contributed by atoms with van der Waals surface area (Å²) >= 11 is 2.21. The van der Waals surface area contributed by atoms with Gasteiger partial charge in [0.25, 0.3) is 0 Å². The summed E-state index contributed by atoms with van der Waals surface area (Å²) in [6.07, 6.45) is 0.697. The number of rotatable bonds is 4. The molecule has 1 aromatic heterocycles. The number of halogens is 1. The van der Waals surface area contributed by atoms with Gasteiger partial charge in [0.2, 0.25) is 5.82 Å². The van der Waals surface area contributed by atoms with Crippen molar-refractivity contribution in [3.63, 3.8) is 0 Å². The highest BCUT2D eigenvalue weighted by atomic mass is 32.2. The van der Waals surface area contributed by atoms with Crippen LogP contribution < -0.4 is 0 Å². The number of hydrogen-bond donors (Lipinski definition) is 0. The van der Waals surface area contributed by atoms with Crippen LogP contribution in [0.5, 0.6) is 0 Å². The van der Waals surface area contributed by atoms with Gasteiger partial charge in [-0.1, -0.05) is 24.8 Å². The summed E-state index contributed by atoms with van der Waals surface area (Å²) in [6, 6.07) is 4.01. The van der Waals surface area contributed by atoms with Gasteiger partial charge in [0.1, 0.15) is 5.82 Å². The number of nitrogens with zero attached hydrogens (tertiary/aromatic N) is 3. The molecule has 0 aliphatic carbocycles. The zero-order chi connectivity index (χ0) is 13.1. The maximum Gasteiger partial charge on any atom is 0.318 e. The Morgan fingerprint density at radius 3 is 2.94 bits per heavy atom. The third-order valence-corrected chi connectivity index (χ3v) is 3.93. The number of aromatic nitrogens is 2. The van der Waals surface area contributed by atoms with Crippen LogP contribution in [0.25, 0.3) is 0 Å². The molecule has 0 fully saturated rings. The van der Waals surface area contributed by atoms with Crippen molar-refractivity contribution in [2.24, 2.45) is 0 Å². The zero-order valence-electron chi connectivity index (χ0n) is 9.29. The summed E-state index contributed by atoms with van der Waals surface area (Å²) in [7, 11) is 0. The minimum Gasteiger partial charge on any atom is -0.258 e. The fourth-order valence-electron chi connectivity index (χ4n) is 1.27. The minimum absolute atomic E-state index is 0.235. The van der Waals surface area contributed by atoms with E-state index >= 15 is 0 Å². The van der Waals surface area contributed by atoms with Gasteiger partial charge in [-0.25, -0.2) is 4.98 Å². The Bertz CT molecular complexity index is 588. The Balaban J connectivity index is 2.34. The van der Waals surface area contributed by atoms with E-state index in [0.29, 0.717) is 16.6 Å². The molecular weight excluding hydrogens is 277 g/mol. The van der Waals surface area contributed by atoms with E-state index in [1.54, 1.807) is 0 Å². The molecule has 2 rings (SSSR count). The van der Waals surface area contributed by atoms with Crippen LogP contribution in [0.1, 0.15) is 12.7 Å². The molecule has 0 N–H and O–H groups in total. The molecule has 0 atom stereocenters. The predicted molar refractivity (Wildman–Crippen MR) is 66.5 cm³/mol. The molecule has 18 heavy (non-hydrogen) atoms. The van der Waals surface area contributed by atoms with Crippen molar-refractivity contribution in [1.82, 2.24) is 9.36 Å². The van der Waals surface area contributed by atoms with Gasteiger partial charge >= 0.3 is 5.69 Å². The third kappa shape index (κ3) is 2.65. The van der Waals surface area contributed by atoms with Crippen LogP contribution >= 0.6 is 23.3 Å². The van der Waals surface area contributed by atoms with Gasteiger partial charge in [0.15, 0.2) is 4.34 Å². The molecule has 0 bridgehead atoms. The first kappa shape index (κ1) is 12.9. The lowest BCUT2D eigenvalue weighted by Crippen LogP contribution is -1.94. The third-order valence-electron chi connectivity index (χ3n) is 2.10. The molecule has 0 radical (unpaired) electrons. The van der Waals surface area contributed by atoms with Gasteiger partial charge in [0.05, 0.1) is 9.82 Å². The first-order chi connectivity index (χ1) is 8.61. The second-order valence-electron chi connectivity index (χ2n) is 3.28. The molecule has 94 valence electrons. The SMILES string of the molecule is CCc1nsc(Sc2cccc(F)c2[N+](=O)[O-])n1. The molecule has 0 saturated carbocycles. The van der Waals surface area contributed by atoms with Gasteiger partial charge < -0.3 is 0 Å². The molecule has 0 aliphatic heterocycles. The summed E-state index contributed by atoms with van der Waals surface area (Å²) in [6.45, 7) is 1.92. The van der Waals surface area contributed by atoms with Gasteiger partial charge in [0, 0.05) is 6.42 Å². The van der Waals surface area contributed by atoms with E-state index in [4.69, 9.17) is 0 Å². The highest BCUT2D eigenvalue weighted by Gasteiger charge is 2.21. The summed E-state index contributed by atoms with van der Waals surface area (Å²) < 4.78 is 18.0. The molecule has 1 heterocycles. The van der Waals surface area contributed by atoms with Crippen molar-refractivity contribution in [3.05, 3.63) is 40.0 Å². The van der Waals surface area contributed by atoms with Crippen LogP contribution in [0, 0.1) is 15.9 Å². The van der Waals surface area contributed by atoms with E-state index < -0.39 is 16.4 Å².